The van der Waals surface area contributed by atoms with Gasteiger partial charge in [0.05, 0.1) is 13.7 Å². The second-order valence-corrected chi connectivity index (χ2v) is 5.73. The molecule has 122 valence electrons. The summed E-state index contributed by atoms with van der Waals surface area (Å²) in [6.07, 6.45) is 2.71. The van der Waals surface area contributed by atoms with Crippen LogP contribution in [0.1, 0.15) is 11.3 Å². The molecule has 23 heavy (non-hydrogen) atoms. The number of nitrogens with one attached hydrogen (secondary N) is 1. The smallest absolute Gasteiger partial charge is 0.151 e. The normalized spacial score (nSPS) is 15.5. The van der Waals surface area contributed by atoms with Gasteiger partial charge in [0.25, 0.3) is 0 Å². The van der Waals surface area contributed by atoms with Crippen molar-refractivity contribution in [1.29, 1.82) is 0 Å². The predicted molar refractivity (Wildman–Crippen MR) is 90.5 cm³/mol. The quantitative estimate of drug-likeness (QED) is 0.830. The van der Waals surface area contributed by atoms with E-state index in [2.05, 4.69) is 28.0 Å². The topological polar surface area (TPSA) is 50.5 Å². The molecule has 5 heteroatoms. The van der Waals surface area contributed by atoms with Crippen molar-refractivity contribution in [1.82, 2.24) is 15.4 Å². The van der Waals surface area contributed by atoms with E-state index < -0.39 is 0 Å². The predicted octanol–water partition coefficient (Wildman–Crippen LogP) is 2.48. The lowest BCUT2D eigenvalue weighted by atomic mass is 10.0. The molecule has 2 heterocycles. The van der Waals surface area contributed by atoms with Crippen LogP contribution >= 0.6 is 0 Å². The molecule has 3 rings (SSSR count). The van der Waals surface area contributed by atoms with Crippen molar-refractivity contribution in [3.63, 3.8) is 0 Å². The molecule has 0 atom stereocenters. The van der Waals surface area contributed by atoms with Crippen molar-refractivity contribution in [2.75, 3.05) is 33.3 Å². The molecule has 1 N–H and O–H groups in total. The lowest BCUT2D eigenvalue weighted by molar-refractivity contribution is 0.207. The first-order chi connectivity index (χ1) is 11.3. The number of methoxy groups -OCH3 is 1. The van der Waals surface area contributed by atoms with Crippen LogP contribution in [0.2, 0.25) is 0 Å². The van der Waals surface area contributed by atoms with E-state index in [9.17, 15) is 0 Å². The highest BCUT2D eigenvalue weighted by molar-refractivity contribution is 5.68. The lowest BCUT2D eigenvalue weighted by Gasteiger charge is -2.25. The average Bonchev–Trinajstić information content (AvgIpc) is 3.04. The van der Waals surface area contributed by atoms with Crippen LogP contribution in [-0.4, -0.2) is 43.3 Å². The van der Waals surface area contributed by atoms with E-state index in [-0.39, 0.29) is 0 Å². The van der Waals surface area contributed by atoms with Gasteiger partial charge in [-0.05, 0) is 24.1 Å². The first kappa shape index (κ1) is 15.8. The molecule has 1 aromatic heterocycles. The molecule has 1 aromatic carbocycles. The zero-order valence-corrected chi connectivity index (χ0v) is 13.5. The fourth-order valence-electron chi connectivity index (χ4n) is 2.85. The number of benzene rings is 1. The standard InChI is InChI=1S/C18H23N3O2/c1-3-4-14-5-6-18(22-2)16(11-14)17-12-15(23-20-17)13-21-9-7-19-8-10-21/h3,5-6,11-12,19H,1,4,7-10,13H2,2H3. The number of hydrogen-bond acceptors (Lipinski definition) is 5. The molecule has 1 aliphatic heterocycles. The first-order valence-corrected chi connectivity index (χ1v) is 7.97. The Balaban J connectivity index is 1.81. The van der Waals surface area contributed by atoms with Crippen LogP contribution in [0.4, 0.5) is 0 Å². The molecular formula is C18H23N3O2. The molecule has 1 saturated heterocycles. The number of hydrogen-bond donors (Lipinski definition) is 1. The van der Waals surface area contributed by atoms with Gasteiger partial charge in [-0.15, -0.1) is 6.58 Å². The number of piperazine rings is 1. The highest BCUT2D eigenvalue weighted by Gasteiger charge is 2.16. The van der Waals surface area contributed by atoms with Gasteiger partial charge in [0, 0.05) is 37.8 Å². The van der Waals surface area contributed by atoms with E-state index in [1.807, 2.05) is 24.3 Å². The highest BCUT2D eigenvalue weighted by atomic mass is 16.5. The molecule has 2 aromatic rings. The number of ether oxygens (including phenoxy) is 1. The Morgan fingerprint density at radius 1 is 1.35 bits per heavy atom. The SMILES string of the molecule is C=CCc1ccc(OC)c(-c2cc(CN3CCNCC3)on2)c1. The summed E-state index contributed by atoms with van der Waals surface area (Å²) in [5.74, 6) is 1.69. The highest BCUT2D eigenvalue weighted by Crippen LogP contribution is 2.31. The summed E-state index contributed by atoms with van der Waals surface area (Å²) in [7, 11) is 1.67. The Labute approximate surface area is 136 Å². The maximum absolute atomic E-state index is 5.53. The molecule has 0 unspecified atom stereocenters. The molecule has 1 aliphatic rings. The summed E-state index contributed by atoms with van der Waals surface area (Å²) < 4.78 is 11.0. The van der Waals surface area contributed by atoms with Crippen LogP contribution in [-0.2, 0) is 13.0 Å². The number of allylic oxidation sites excluding steroid dienone is 1. The molecule has 0 saturated carbocycles. The van der Waals surface area contributed by atoms with E-state index in [1.54, 1.807) is 7.11 Å². The van der Waals surface area contributed by atoms with Crippen molar-refractivity contribution < 1.29 is 9.26 Å². The van der Waals surface area contributed by atoms with Gasteiger partial charge in [-0.2, -0.15) is 0 Å². The molecule has 0 aliphatic carbocycles. The number of aromatic nitrogens is 1. The molecular weight excluding hydrogens is 290 g/mol. The summed E-state index contributed by atoms with van der Waals surface area (Å²) in [6.45, 7) is 8.71. The van der Waals surface area contributed by atoms with E-state index in [1.165, 1.54) is 5.56 Å². The Morgan fingerprint density at radius 3 is 2.91 bits per heavy atom. The van der Waals surface area contributed by atoms with Crippen LogP contribution < -0.4 is 10.1 Å². The van der Waals surface area contributed by atoms with Crippen molar-refractivity contribution in [2.45, 2.75) is 13.0 Å². The summed E-state index contributed by atoms with van der Waals surface area (Å²) in [6, 6.07) is 8.12. The van der Waals surface area contributed by atoms with Crippen molar-refractivity contribution in [2.24, 2.45) is 0 Å². The second kappa shape index (κ2) is 7.44. The second-order valence-electron chi connectivity index (χ2n) is 5.73. The first-order valence-electron chi connectivity index (χ1n) is 7.97. The van der Waals surface area contributed by atoms with Gasteiger partial charge in [-0.3, -0.25) is 4.90 Å². The summed E-state index contributed by atoms with van der Waals surface area (Å²) >= 11 is 0. The minimum absolute atomic E-state index is 0.795. The van der Waals surface area contributed by atoms with Crippen molar-refractivity contribution in [3.05, 3.63) is 48.2 Å². The Kier molecular flexibility index (Phi) is 5.10. The number of nitrogens with zero attached hydrogens (tertiary/aromatic N) is 2. The Hall–Kier alpha value is -2.11. The minimum Gasteiger partial charge on any atom is -0.496 e. The maximum Gasteiger partial charge on any atom is 0.151 e. The lowest BCUT2D eigenvalue weighted by Crippen LogP contribution is -2.42. The van der Waals surface area contributed by atoms with Gasteiger partial charge in [-0.25, -0.2) is 0 Å². The number of rotatable bonds is 6. The fourth-order valence-corrected chi connectivity index (χ4v) is 2.85. The largest absolute Gasteiger partial charge is 0.496 e. The molecule has 0 amide bonds. The van der Waals surface area contributed by atoms with Crippen molar-refractivity contribution >= 4 is 0 Å². The van der Waals surface area contributed by atoms with E-state index in [4.69, 9.17) is 9.26 Å². The van der Waals surface area contributed by atoms with Crippen LogP contribution in [0.15, 0.2) is 41.4 Å². The summed E-state index contributed by atoms with van der Waals surface area (Å²) in [5, 5.41) is 7.59. The van der Waals surface area contributed by atoms with Gasteiger partial charge in [0.15, 0.2) is 5.76 Å². The summed E-state index contributed by atoms with van der Waals surface area (Å²) in [5.41, 5.74) is 2.96. The van der Waals surface area contributed by atoms with Gasteiger partial charge in [0.2, 0.25) is 0 Å². The third-order valence-corrected chi connectivity index (χ3v) is 4.07. The van der Waals surface area contributed by atoms with Crippen LogP contribution in [0, 0.1) is 0 Å². The van der Waals surface area contributed by atoms with Gasteiger partial charge >= 0.3 is 0 Å². The molecule has 0 bridgehead atoms. The maximum atomic E-state index is 5.53. The van der Waals surface area contributed by atoms with Crippen molar-refractivity contribution in [3.8, 4) is 17.0 Å². The Morgan fingerprint density at radius 2 is 2.17 bits per heavy atom. The third-order valence-electron chi connectivity index (χ3n) is 4.07. The summed E-state index contributed by atoms with van der Waals surface area (Å²) in [4.78, 5) is 2.37. The van der Waals surface area contributed by atoms with Gasteiger partial charge < -0.3 is 14.6 Å². The van der Waals surface area contributed by atoms with Gasteiger partial charge in [0.1, 0.15) is 11.4 Å². The molecule has 1 fully saturated rings. The molecule has 5 nitrogen and oxygen atoms in total. The average molecular weight is 313 g/mol. The van der Waals surface area contributed by atoms with Crippen LogP contribution in [0.5, 0.6) is 5.75 Å². The molecule has 0 radical (unpaired) electrons. The third kappa shape index (κ3) is 3.81. The van der Waals surface area contributed by atoms with E-state index in [0.717, 1.165) is 61.9 Å². The molecule has 0 spiro atoms. The van der Waals surface area contributed by atoms with Crippen LogP contribution in [0.25, 0.3) is 11.3 Å². The van der Waals surface area contributed by atoms with Gasteiger partial charge in [-0.1, -0.05) is 17.3 Å². The van der Waals surface area contributed by atoms with E-state index in [0.29, 0.717) is 0 Å². The fraction of sp³-hybridized carbons (Fsp3) is 0.389. The monoisotopic (exact) mass is 313 g/mol. The zero-order chi connectivity index (χ0) is 16.1. The van der Waals surface area contributed by atoms with Crippen LogP contribution in [0.3, 0.4) is 0 Å². The Bertz CT molecular complexity index is 660. The van der Waals surface area contributed by atoms with E-state index >= 15 is 0 Å². The zero-order valence-electron chi connectivity index (χ0n) is 13.5. The minimum atomic E-state index is 0.795.